The zero-order valence-electron chi connectivity index (χ0n) is 11.9. The summed E-state index contributed by atoms with van der Waals surface area (Å²) in [5, 5.41) is 3.40. The van der Waals surface area contributed by atoms with Gasteiger partial charge in [0.05, 0.1) is 15.6 Å². The number of halogens is 2. The molecule has 1 rings (SSSR count). The molecule has 1 aromatic rings. The summed E-state index contributed by atoms with van der Waals surface area (Å²) in [6.45, 7) is 9.26. The molecule has 0 radical (unpaired) electrons. The molecule has 0 aliphatic heterocycles. The molecular formula is C15H23Br2NO. The van der Waals surface area contributed by atoms with Crippen molar-refractivity contribution in [3.8, 4) is 5.75 Å². The van der Waals surface area contributed by atoms with Gasteiger partial charge in [-0.2, -0.15) is 0 Å². The van der Waals surface area contributed by atoms with Crippen LogP contribution in [0.2, 0.25) is 0 Å². The second-order valence-corrected chi connectivity index (χ2v) is 6.81. The molecule has 0 bridgehead atoms. The molecule has 0 aliphatic carbocycles. The highest BCUT2D eigenvalue weighted by Gasteiger charge is 2.09. The zero-order valence-corrected chi connectivity index (χ0v) is 15.1. The molecule has 108 valence electrons. The van der Waals surface area contributed by atoms with E-state index in [-0.39, 0.29) is 0 Å². The molecule has 0 aliphatic rings. The fraction of sp³-hybridized carbons (Fsp3) is 0.600. The lowest BCUT2D eigenvalue weighted by Crippen LogP contribution is -2.13. The summed E-state index contributed by atoms with van der Waals surface area (Å²) in [6.07, 6.45) is 2.22. The Hall–Kier alpha value is -0.0600. The first-order chi connectivity index (χ1) is 9.04. The minimum atomic E-state index is 0.662. The molecule has 0 atom stereocenters. The van der Waals surface area contributed by atoms with Gasteiger partial charge in [0.1, 0.15) is 5.75 Å². The molecule has 1 aromatic carbocycles. The third kappa shape index (κ3) is 6.28. The van der Waals surface area contributed by atoms with Crippen molar-refractivity contribution in [2.75, 3.05) is 13.2 Å². The molecule has 0 amide bonds. The number of hydrogen-bond acceptors (Lipinski definition) is 2. The first-order valence-corrected chi connectivity index (χ1v) is 8.44. The molecule has 0 heterocycles. The highest BCUT2D eigenvalue weighted by molar-refractivity contribution is 9.11. The molecule has 0 fully saturated rings. The molecule has 2 nitrogen and oxygen atoms in total. The summed E-state index contributed by atoms with van der Waals surface area (Å²) in [5.74, 6) is 1.56. The fourth-order valence-electron chi connectivity index (χ4n) is 1.66. The minimum Gasteiger partial charge on any atom is -0.491 e. The fourth-order valence-corrected chi connectivity index (χ4v) is 3.17. The highest BCUT2D eigenvalue weighted by Crippen LogP contribution is 2.35. The minimum absolute atomic E-state index is 0.662. The van der Waals surface area contributed by atoms with Gasteiger partial charge in [-0.1, -0.05) is 20.8 Å². The number of rotatable bonds is 8. The van der Waals surface area contributed by atoms with Crippen molar-refractivity contribution in [3.05, 3.63) is 26.6 Å². The SMILES string of the molecule is CCCNCc1cc(Br)c(OCCC(C)C)c(Br)c1. The summed E-state index contributed by atoms with van der Waals surface area (Å²) < 4.78 is 7.87. The van der Waals surface area contributed by atoms with E-state index in [0.717, 1.165) is 47.2 Å². The Kier molecular flexibility index (Phi) is 8.03. The van der Waals surface area contributed by atoms with Crippen LogP contribution < -0.4 is 10.1 Å². The van der Waals surface area contributed by atoms with Gasteiger partial charge in [-0.3, -0.25) is 0 Å². The van der Waals surface area contributed by atoms with Gasteiger partial charge in [-0.15, -0.1) is 0 Å². The van der Waals surface area contributed by atoms with Crippen molar-refractivity contribution < 1.29 is 4.74 Å². The first-order valence-electron chi connectivity index (χ1n) is 6.86. The molecule has 0 unspecified atom stereocenters. The molecule has 19 heavy (non-hydrogen) atoms. The van der Waals surface area contributed by atoms with Crippen LogP contribution in [-0.2, 0) is 6.54 Å². The summed E-state index contributed by atoms with van der Waals surface area (Å²) in [5.41, 5.74) is 1.25. The van der Waals surface area contributed by atoms with Gasteiger partial charge in [0.15, 0.2) is 0 Å². The number of ether oxygens (including phenoxy) is 1. The molecule has 1 N–H and O–H groups in total. The monoisotopic (exact) mass is 391 g/mol. The normalized spacial score (nSPS) is 11.1. The van der Waals surface area contributed by atoms with Crippen molar-refractivity contribution in [1.29, 1.82) is 0 Å². The lowest BCUT2D eigenvalue weighted by atomic mass is 10.1. The van der Waals surface area contributed by atoms with E-state index in [4.69, 9.17) is 4.74 Å². The lowest BCUT2D eigenvalue weighted by Gasteiger charge is -2.13. The van der Waals surface area contributed by atoms with Gasteiger partial charge < -0.3 is 10.1 Å². The van der Waals surface area contributed by atoms with Crippen LogP contribution in [0.3, 0.4) is 0 Å². The number of benzene rings is 1. The van der Waals surface area contributed by atoms with Crippen LogP contribution >= 0.6 is 31.9 Å². The van der Waals surface area contributed by atoms with E-state index < -0.39 is 0 Å². The van der Waals surface area contributed by atoms with Crippen molar-refractivity contribution in [1.82, 2.24) is 5.32 Å². The van der Waals surface area contributed by atoms with Crippen LogP contribution in [0, 0.1) is 5.92 Å². The molecular weight excluding hydrogens is 370 g/mol. The molecule has 0 aromatic heterocycles. The van der Waals surface area contributed by atoms with Crippen LogP contribution in [0.5, 0.6) is 5.75 Å². The smallest absolute Gasteiger partial charge is 0.147 e. The van der Waals surface area contributed by atoms with E-state index in [0.29, 0.717) is 5.92 Å². The average Bonchev–Trinajstić information content (AvgIpc) is 2.32. The van der Waals surface area contributed by atoms with Crippen LogP contribution in [0.25, 0.3) is 0 Å². The number of hydrogen-bond donors (Lipinski definition) is 1. The zero-order chi connectivity index (χ0) is 14.3. The van der Waals surface area contributed by atoms with Crippen molar-refractivity contribution >= 4 is 31.9 Å². The largest absolute Gasteiger partial charge is 0.491 e. The van der Waals surface area contributed by atoms with Crippen molar-refractivity contribution in [2.24, 2.45) is 5.92 Å². The van der Waals surface area contributed by atoms with Crippen LogP contribution in [0.1, 0.15) is 39.2 Å². The van der Waals surface area contributed by atoms with Gasteiger partial charge in [0.25, 0.3) is 0 Å². The van der Waals surface area contributed by atoms with E-state index in [2.05, 4.69) is 70.1 Å². The molecule has 4 heteroatoms. The van der Waals surface area contributed by atoms with E-state index >= 15 is 0 Å². The standard InChI is InChI=1S/C15H23Br2NO/c1-4-6-18-10-12-8-13(16)15(14(17)9-12)19-7-5-11(2)3/h8-9,11,18H,4-7,10H2,1-3H3. The van der Waals surface area contributed by atoms with Gasteiger partial charge in [-0.25, -0.2) is 0 Å². The predicted molar refractivity (Wildman–Crippen MR) is 88.8 cm³/mol. The summed E-state index contributed by atoms with van der Waals surface area (Å²) in [4.78, 5) is 0. The first kappa shape index (κ1) is 17.0. The van der Waals surface area contributed by atoms with E-state index in [1.165, 1.54) is 5.56 Å². The van der Waals surface area contributed by atoms with Gasteiger partial charge in [0.2, 0.25) is 0 Å². The van der Waals surface area contributed by atoms with Crippen LogP contribution in [-0.4, -0.2) is 13.2 Å². The summed E-state index contributed by atoms with van der Waals surface area (Å²) in [6, 6.07) is 4.25. The molecule has 0 saturated carbocycles. The summed E-state index contributed by atoms with van der Waals surface area (Å²) >= 11 is 7.18. The van der Waals surface area contributed by atoms with Crippen molar-refractivity contribution in [2.45, 2.75) is 40.2 Å². The Bertz CT molecular complexity index is 371. The van der Waals surface area contributed by atoms with Gasteiger partial charge >= 0.3 is 0 Å². The second-order valence-electron chi connectivity index (χ2n) is 5.10. The Morgan fingerprint density at radius 1 is 1.21 bits per heavy atom. The third-order valence-electron chi connectivity index (χ3n) is 2.76. The quantitative estimate of drug-likeness (QED) is 0.618. The maximum absolute atomic E-state index is 5.84. The Labute approximate surface area is 133 Å². The number of nitrogens with one attached hydrogen (secondary N) is 1. The predicted octanol–water partition coefficient (Wildman–Crippen LogP) is 5.14. The lowest BCUT2D eigenvalue weighted by molar-refractivity contribution is 0.286. The highest BCUT2D eigenvalue weighted by atomic mass is 79.9. The average molecular weight is 393 g/mol. The van der Waals surface area contributed by atoms with E-state index in [1.807, 2.05) is 0 Å². The van der Waals surface area contributed by atoms with Crippen LogP contribution in [0.4, 0.5) is 0 Å². The van der Waals surface area contributed by atoms with E-state index in [1.54, 1.807) is 0 Å². The Morgan fingerprint density at radius 2 is 1.84 bits per heavy atom. The Morgan fingerprint density at radius 3 is 2.37 bits per heavy atom. The van der Waals surface area contributed by atoms with Gasteiger partial charge in [-0.05, 0) is 74.9 Å². The van der Waals surface area contributed by atoms with E-state index in [9.17, 15) is 0 Å². The topological polar surface area (TPSA) is 21.3 Å². The van der Waals surface area contributed by atoms with Crippen LogP contribution in [0.15, 0.2) is 21.1 Å². The molecule has 0 spiro atoms. The maximum atomic E-state index is 5.84. The third-order valence-corrected chi connectivity index (χ3v) is 3.93. The van der Waals surface area contributed by atoms with Crippen molar-refractivity contribution in [3.63, 3.8) is 0 Å². The maximum Gasteiger partial charge on any atom is 0.147 e. The Balaban J connectivity index is 2.63. The van der Waals surface area contributed by atoms with Gasteiger partial charge in [0, 0.05) is 6.54 Å². The summed E-state index contributed by atoms with van der Waals surface area (Å²) in [7, 11) is 0. The molecule has 0 saturated heterocycles. The second kappa shape index (κ2) is 8.98.